The summed E-state index contributed by atoms with van der Waals surface area (Å²) in [5.74, 6) is -2.30. The van der Waals surface area contributed by atoms with Gasteiger partial charge in [0.05, 0.1) is 17.5 Å². The minimum atomic E-state index is -1.86. The number of carboxylic acids is 1. The van der Waals surface area contributed by atoms with Gasteiger partial charge in [-0.2, -0.15) is 0 Å². The van der Waals surface area contributed by atoms with Gasteiger partial charge in [0, 0.05) is 12.0 Å². The molecule has 0 aliphatic rings. The first-order valence-electron chi connectivity index (χ1n) is 6.19. The number of aliphatic hydroxyl groups excluding tert-OH is 1. The van der Waals surface area contributed by atoms with Gasteiger partial charge in [0.15, 0.2) is 6.10 Å². The van der Waals surface area contributed by atoms with E-state index in [4.69, 9.17) is 9.84 Å². The van der Waals surface area contributed by atoms with Gasteiger partial charge in [-0.15, -0.1) is 0 Å². The second-order valence-electron chi connectivity index (χ2n) is 4.23. The largest absolute Gasteiger partial charge is 0.479 e. The Labute approximate surface area is 129 Å². The number of carboxylic acid groups (broad SMARTS) is 1. The fourth-order valence-electron chi connectivity index (χ4n) is 1.75. The van der Waals surface area contributed by atoms with Crippen molar-refractivity contribution >= 4 is 33.7 Å². The number of ketones is 1. The highest BCUT2D eigenvalue weighted by molar-refractivity contribution is 9.09. The van der Waals surface area contributed by atoms with E-state index in [0.29, 0.717) is 5.56 Å². The quantitative estimate of drug-likeness (QED) is 0.565. The van der Waals surface area contributed by atoms with Crippen molar-refractivity contribution in [3.8, 4) is 0 Å². The van der Waals surface area contributed by atoms with Crippen molar-refractivity contribution in [1.82, 2.24) is 0 Å². The Kier molecular flexibility index (Phi) is 6.51. The van der Waals surface area contributed by atoms with E-state index in [9.17, 15) is 19.5 Å². The summed E-state index contributed by atoms with van der Waals surface area (Å²) in [4.78, 5) is 34.1. The maximum Gasteiger partial charge on any atom is 0.338 e. The molecule has 7 heteroatoms. The number of ether oxygens (including phenoxy) is 1. The van der Waals surface area contributed by atoms with Gasteiger partial charge in [0.1, 0.15) is 5.78 Å². The van der Waals surface area contributed by atoms with E-state index < -0.39 is 18.0 Å². The minimum absolute atomic E-state index is 0.0261. The molecule has 6 nitrogen and oxygen atoms in total. The number of carbonyl (C=O) groups excluding carboxylic acids is 2. The van der Waals surface area contributed by atoms with E-state index in [1.807, 2.05) is 0 Å². The first-order chi connectivity index (χ1) is 9.90. The highest BCUT2D eigenvalue weighted by atomic mass is 79.9. The van der Waals surface area contributed by atoms with Crippen molar-refractivity contribution in [2.75, 3.05) is 11.9 Å². The average molecular weight is 359 g/mol. The van der Waals surface area contributed by atoms with Gasteiger partial charge in [-0.05, 0) is 18.6 Å². The summed E-state index contributed by atoms with van der Waals surface area (Å²) in [6, 6.07) is 4.23. The molecule has 0 saturated carbocycles. The van der Waals surface area contributed by atoms with Crippen LogP contribution in [0.2, 0.25) is 0 Å². The third kappa shape index (κ3) is 4.64. The molecule has 1 aromatic carbocycles. The van der Waals surface area contributed by atoms with E-state index in [-0.39, 0.29) is 35.3 Å². The van der Waals surface area contributed by atoms with Crippen LogP contribution in [0.15, 0.2) is 18.2 Å². The van der Waals surface area contributed by atoms with Crippen LogP contribution in [0.5, 0.6) is 0 Å². The number of benzene rings is 1. The Balaban J connectivity index is 3.22. The maximum absolute atomic E-state index is 11.8. The van der Waals surface area contributed by atoms with Gasteiger partial charge in [0.25, 0.3) is 0 Å². The van der Waals surface area contributed by atoms with Gasteiger partial charge in [-0.3, -0.25) is 4.79 Å². The first-order valence-corrected chi connectivity index (χ1v) is 7.31. The van der Waals surface area contributed by atoms with Crippen LogP contribution >= 0.6 is 15.9 Å². The van der Waals surface area contributed by atoms with Crippen LogP contribution in [0.25, 0.3) is 0 Å². The third-order valence-corrected chi connectivity index (χ3v) is 3.32. The fourth-order valence-corrected chi connectivity index (χ4v) is 1.95. The SMILES string of the molecule is CCOC(=O)c1ccc(CC(=O)CBr)cc1C(O)C(=O)O. The van der Waals surface area contributed by atoms with Crippen molar-refractivity contribution in [2.24, 2.45) is 0 Å². The van der Waals surface area contributed by atoms with E-state index in [2.05, 4.69) is 15.9 Å². The monoisotopic (exact) mass is 358 g/mol. The molecule has 1 atom stereocenters. The normalized spacial score (nSPS) is 11.8. The molecule has 0 saturated heterocycles. The lowest BCUT2D eigenvalue weighted by Gasteiger charge is -2.13. The molecule has 2 N–H and O–H groups in total. The summed E-state index contributed by atoms with van der Waals surface area (Å²) < 4.78 is 4.82. The number of halogens is 1. The zero-order chi connectivity index (χ0) is 16.0. The molecule has 0 heterocycles. The van der Waals surface area contributed by atoms with Crippen LogP contribution in [0.3, 0.4) is 0 Å². The fraction of sp³-hybridized carbons (Fsp3) is 0.357. The van der Waals surface area contributed by atoms with Crippen LogP contribution in [-0.2, 0) is 20.7 Å². The van der Waals surface area contributed by atoms with Crippen LogP contribution in [0.1, 0.15) is 34.5 Å². The number of esters is 1. The second kappa shape index (κ2) is 7.90. The lowest BCUT2D eigenvalue weighted by Crippen LogP contribution is -2.17. The molecule has 1 aromatic rings. The Hall–Kier alpha value is -1.73. The number of aliphatic hydroxyl groups is 1. The van der Waals surface area contributed by atoms with E-state index in [1.165, 1.54) is 18.2 Å². The summed E-state index contributed by atoms with van der Waals surface area (Å²) in [7, 11) is 0. The number of carbonyl (C=O) groups is 3. The zero-order valence-electron chi connectivity index (χ0n) is 11.3. The van der Waals surface area contributed by atoms with Crippen molar-refractivity contribution in [1.29, 1.82) is 0 Å². The lowest BCUT2D eigenvalue weighted by atomic mass is 9.97. The van der Waals surface area contributed by atoms with Crippen LogP contribution in [0.4, 0.5) is 0 Å². The zero-order valence-corrected chi connectivity index (χ0v) is 12.9. The van der Waals surface area contributed by atoms with Gasteiger partial charge in [0.2, 0.25) is 0 Å². The molecular weight excluding hydrogens is 344 g/mol. The number of Topliss-reactive ketones (excluding diaryl/α,β-unsaturated/α-hetero) is 1. The molecule has 0 radical (unpaired) electrons. The summed E-state index contributed by atoms with van der Waals surface area (Å²) in [6.07, 6.45) is -1.78. The summed E-state index contributed by atoms with van der Waals surface area (Å²) in [5, 5.41) is 18.8. The molecule has 0 aromatic heterocycles. The predicted octanol–water partition coefficient (Wildman–Crippen LogP) is 1.49. The third-order valence-electron chi connectivity index (χ3n) is 2.69. The smallest absolute Gasteiger partial charge is 0.338 e. The minimum Gasteiger partial charge on any atom is -0.479 e. The number of hydrogen-bond donors (Lipinski definition) is 2. The Morgan fingerprint density at radius 1 is 1.33 bits per heavy atom. The Morgan fingerprint density at radius 2 is 2.00 bits per heavy atom. The topological polar surface area (TPSA) is 101 Å². The van der Waals surface area contributed by atoms with Gasteiger partial charge >= 0.3 is 11.9 Å². The number of alkyl halides is 1. The molecule has 0 amide bonds. The summed E-state index contributed by atoms with van der Waals surface area (Å²) in [6.45, 7) is 1.75. The lowest BCUT2D eigenvalue weighted by molar-refractivity contribution is -0.147. The van der Waals surface area contributed by atoms with E-state index >= 15 is 0 Å². The molecule has 21 heavy (non-hydrogen) atoms. The molecule has 0 aliphatic heterocycles. The first kappa shape index (κ1) is 17.3. The average Bonchev–Trinajstić information content (AvgIpc) is 2.46. The highest BCUT2D eigenvalue weighted by Gasteiger charge is 2.24. The van der Waals surface area contributed by atoms with Gasteiger partial charge < -0.3 is 14.9 Å². The molecule has 0 bridgehead atoms. The molecular formula is C14H15BrO6. The summed E-state index contributed by atoms with van der Waals surface area (Å²) in [5.41, 5.74) is 0.408. The second-order valence-corrected chi connectivity index (χ2v) is 4.79. The molecule has 0 fully saturated rings. The Morgan fingerprint density at radius 3 is 2.52 bits per heavy atom. The standard InChI is InChI=1S/C14H15BrO6/c1-2-21-14(20)10-4-3-8(5-9(16)7-15)6-11(10)12(17)13(18)19/h3-4,6,12,17H,2,5,7H2,1H3,(H,18,19). The highest BCUT2D eigenvalue weighted by Crippen LogP contribution is 2.22. The van der Waals surface area contributed by atoms with Gasteiger partial charge in [-0.25, -0.2) is 9.59 Å². The van der Waals surface area contributed by atoms with Crippen molar-refractivity contribution in [2.45, 2.75) is 19.4 Å². The van der Waals surface area contributed by atoms with Crippen molar-refractivity contribution < 1.29 is 29.3 Å². The number of aliphatic carboxylic acids is 1. The van der Waals surface area contributed by atoms with Crippen molar-refractivity contribution in [3.05, 3.63) is 34.9 Å². The van der Waals surface area contributed by atoms with Crippen molar-refractivity contribution in [3.63, 3.8) is 0 Å². The number of hydrogen-bond acceptors (Lipinski definition) is 5. The Bertz CT molecular complexity index is 554. The molecule has 1 unspecified atom stereocenters. The van der Waals surface area contributed by atoms with E-state index in [0.717, 1.165) is 0 Å². The van der Waals surface area contributed by atoms with Gasteiger partial charge in [-0.1, -0.05) is 28.1 Å². The molecule has 1 rings (SSSR count). The molecule has 0 spiro atoms. The predicted molar refractivity (Wildman–Crippen MR) is 77.5 cm³/mol. The molecule has 114 valence electrons. The maximum atomic E-state index is 11.8. The number of rotatable bonds is 7. The van der Waals surface area contributed by atoms with E-state index in [1.54, 1.807) is 6.92 Å². The van der Waals surface area contributed by atoms with Crippen LogP contribution in [0, 0.1) is 0 Å². The van der Waals surface area contributed by atoms with Crippen LogP contribution < -0.4 is 0 Å². The summed E-state index contributed by atoms with van der Waals surface area (Å²) >= 11 is 3.03. The molecule has 0 aliphatic carbocycles. The van der Waals surface area contributed by atoms with Crippen LogP contribution in [-0.4, -0.2) is 39.9 Å².